The van der Waals surface area contributed by atoms with Gasteiger partial charge in [-0.2, -0.15) is 0 Å². The van der Waals surface area contributed by atoms with Crippen molar-refractivity contribution in [3.63, 3.8) is 0 Å². The molecule has 0 radical (unpaired) electrons. The van der Waals surface area contributed by atoms with Gasteiger partial charge >= 0.3 is 5.97 Å². The van der Waals surface area contributed by atoms with Crippen LogP contribution in [0.2, 0.25) is 0 Å². The Hall–Kier alpha value is -3.15. The molecule has 6 nitrogen and oxygen atoms in total. The van der Waals surface area contributed by atoms with Crippen LogP contribution in [-0.2, 0) is 0 Å². The van der Waals surface area contributed by atoms with Crippen molar-refractivity contribution in [3.8, 4) is 11.3 Å². The van der Waals surface area contributed by atoms with Gasteiger partial charge in [0.2, 0.25) is 0 Å². The molecule has 3 heterocycles. The number of piperidine rings is 1. The minimum atomic E-state index is -0.934. The summed E-state index contributed by atoms with van der Waals surface area (Å²) < 4.78 is 5.95. The van der Waals surface area contributed by atoms with Gasteiger partial charge in [0.05, 0.1) is 5.56 Å². The quantitative estimate of drug-likeness (QED) is 0.538. The summed E-state index contributed by atoms with van der Waals surface area (Å²) in [7, 11) is 0. The number of rotatable bonds is 5. The lowest BCUT2D eigenvalue weighted by molar-refractivity contribution is 0.0674. The van der Waals surface area contributed by atoms with Crippen molar-refractivity contribution in [3.05, 3.63) is 65.0 Å². The van der Waals surface area contributed by atoms with Crippen LogP contribution >= 0.6 is 0 Å². The smallest absolute Gasteiger partial charge is 0.337 e. The first kappa shape index (κ1) is 20.5. The van der Waals surface area contributed by atoms with Crippen molar-refractivity contribution < 1.29 is 14.4 Å². The number of pyridine rings is 1. The van der Waals surface area contributed by atoms with Crippen LogP contribution in [-0.4, -0.2) is 34.3 Å². The molecule has 2 aliphatic carbocycles. The summed E-state index contributed by atoms with van der Waals surface area (Å²) in [5.74, 6) is 2.18. The van der Waals surface area contributed by atoms with Crippen molar-refractivity contribution in [2.45, 2.75) is 57.3 Å². The molecule has 6 rings (SSSR count). The van der Waals surface area contributed by atoms with Crippen LogP contribution < -0.4 is 4.90 Å². The normalized spacial score (nSPS) is 20.1. The summed E-state index contributed by atoms with van der Waals surface area (Å²) in [4.78, 5) is 17.8. The van der Waals surface area contributed by atoms with Crippen LogP contribution in [0.4, 0.5) is 5.82 Å². The molecular formula is C27H29N3O3. The van der Waals surface area contributed by atoms with Gasteiger partial charge in [-0.1, -0.05) is 29.4 Å². The van der Waals surface area contributed by atoms with Gasteiger partial charge in [-0.25, -0.2) is 9.78 Å². The third-order valence-electron chi connectivity index (χ3n) is 8.01. The molecule has 6 heteroatoms. The van der Waals surface area contributed by atoms with Gasteiger partial charge in [0.15, 0.2) is 0 Å². The number of anilines is 1. The Labute approximate surface area is 193 Å². The average molecular weight is 444 g/mol. The fourth-order valence-electron chi connectivity index (χ4n) is 5.88. The van der Waals surface area contributed by atoms with Crippen LogP contribution in [0.3, 0.4) is 0 Å². The molecule has 33 heavy (non-hydrogen) atoms. The molecule has 2 aromatic heterocycles. The maximum Gasteiger partial charge on any atom is 0.337 e. The highest BCUT2D eigenvalue weighted by Gasteiger charge is 2.49. The fraction of sp³-hybridized carbons (Fsp3) is 0.444. The maximum absolute atomic E-state index is 11.1. The van der Waals surface area contributed by atoms with Crippen molar-refractivity contribution >= 4 is 11.8 Å². The van der Waals surface area contributed by atoms with Crippen LogP contribution in [0.5, 0.6) is 0 Å². The van der Waals surface area contributed by atoms with E-state index in [1.54, 1.807) is 6.07 Å². The fourth-order valence-corrected chi connectivity index (χ4v) is 5.88. The minimum absolute atomic E-state index is 0.235. The Morgan fingerprint density at radius 1 is 1.09 bits per heavy atom. The number of benzene rings is 1. The van der Waals surface area contributed by atoms with E-state index in [4.69, 9.17) is 9.63 Å². The number of hydrogen-bond acceptors (Lipinski definition) is 5. The Morgan fingerprint density at radius 2 is 1.85 bits per heavy atom. The number of aromatic carboxylic acids is 1. The van der Waals surface area contributed by atoms with Gasteiger partial charge < -0.3 is 14.5 Å². The van der Waals surface area contributed by atoms with E-state index in [0.717, 1.165) is 43.2 Å². The van der Waals surface area contributed by atoms with Gasteiger partial charge in [-0.15, -0.1) is 0 Å². The predicted molar refractivity (Wildman–Crippen MR) is 126 cm³/mol. The topological polar surface area (TPSA) is 79.5 Å². The molecule has 1 aliphatic heterocycles. The van der Waals surface area contributed by atoms with Crippen molar-refractivity contribution in [1.29, 1.82) is 0 Å². The zero-order valence-corrected chi connectivity index (χ0v) is 19.0. The van der Waals surface area contributed by atoms with Gasteiger partial charge in [0.1, 0.15) is 17.3 Å². The van der Waals surface area contributed by atoms with Crippen LogP contribution in [0.1, 0.15) is 77.6 Å². The highest BCUT2D eigenvalue weighted by atomic mass is 16.5. The van der Waals surface area contributed by atoms with Crippen molar-refractivity contribution in [1.82, 2.24) is 10.1 Å². The summed E-state index contributed by atoms with van der Waals surface area (Å²) in [6, 6.07) is 12.0. The molecular weight excluding hydrogens is 414 g/mol. The molecule has 0 atom stereocenters. The molecule has 3 aromatic rings. The highest BCUT2D eigenvalue weighted by molar-refractivity contribution is 5.87. The Balaban J connectivity index is 1.17. The van der Waals surface area contributed by atoms with E-state index in [1.165, 1.54) is 48.6 Å². The lowest BCUT2D eigenvalue weighted by atomic mass is 9.55. The lowest BCUT2D eigenvalue weighted by Crippen LogP contribution is -2.46. The third-order valence-corrected chi connectivity index (χ3v) is 8.01. The molecule has 1 spiro atoms. The summed E-state index contributed by atoms with van der Waals surface area (Å²) in [5, 5.41) is 13.7. The second-order valence-corrected chi connectivity index (χ2v) is 10.2. The molecule has 0 bridgehead atoms. The first-order chi connectivity index (χ1) is 16.0. The first-order valence-electron chi connectivity index (χ1n) is 12.0. The van der Waals surface area contributed by atoms with E-state index in [0.29, 0.717) is 17.3 Å². The Bertz CT molecular complexity index is 1180. The van der Waals surface area contributed by atoms with E-state index >= 15 is 0 Å². The first-order valence-corrected chi connectivity index (χ1v) is 12.0. The SMILES string of the molecule is Cc1ccccc1-c1noc(C2CC2)c1C1CC2(CCN(c3ccc(C(=O)O)cn3)CC2)C1. The highest BCUT2D eigenvalue weighted by Crippen LogP contribution is 2.60. The zero-order valence-electron chi connectivity index (χ0n) is 19.0. The summed E-state index contributed by atoms with van der Waals surface area (Å²) >= 11 is 0. The molecule has 0 unspecified atom stereocenters. The van der Waals surface area contributed by atoms with Gasteiger partial charge in [0.25, 0.3) is 0 Å². The van der Waals surface area contributed by atoms with Gasteiger partial charge in [0, 0.05) is 36.3 Å². The van der Waals surface area contributed by atoms with Gasteiger partial charge in [-0.3, -0.25) is 0 Å². The van der Waals surface area contributed by atoms with E-state index in [-0.39, 0.29) is 5.56 Å². The molecule has 2 saturated carbocycles. The monoisotopic (exact) mass is 443 g/mol. The predicted octanol–water partition coefficient (Wildman–Crippen LogP) is 5.78. The number of aryl methyl sites for hydroxylation is 1. The lowest BCUT2D eigenvalue weighted by Gasteiger charge is -2.52. The molecule has 0 amide bonds. The standard InChI is InChI=1S/C27H29N3O3/c1-17-4-2-3-5-21(17)24-23(25(33-29-24)18-6-7-18)20-14-27(15-20)10-12-30(13-11-27)22-9-8-19(16-28-22)26(31)32/h2-5,8-9,16,18,20H,6-7,10-15H2,1H3,(H,31,32). The largest absolute Gasteiger partial charge is 0.478 e. The van der Waals surface area contributed by atoms with Crippen molar-refractivity contribution in [2.24, 2.45) is 5.41 Å². The summed E-state index contributed by atoms with van der Waals surface area (Å²) in [6.45, 7) is 4.09. The zero-order chi connectivity index (χ0) is 22.6. The van der Waals surface area contributed by atoms with E-state index in [1.807, 2.05) is 6.07 Å². The molecule has 1 aromatic carbocycles. The van der Waals surface area contributed by atoms with Crippen LogP contribution in [0, 0.1) is 12.3 Å². The number of aromatic nitrogens is 2. The molecule has 170 valence electrons. The Kier molecular flexibility index (Phi) is 4.78. The maximum atomic E-state index is 11.1. The van der Waals surface area contributed by atoms with Gasteiger partial charge in [-0.05, 0) is 74.5 Å². The second-order valence-electron chi connectivity index (χ2n) is 10.2. The van der Waals surface area contributed by atoms with E-state index < -0.39 is 5.97 Å². The van der Waals surface area contributed by atoms with E-state index in [2.05, 4.69) is 46.2 Å². The average Bonchev–Trinajstić information content (AvgIpc) is 3.57. The number of nitrogens with zero attached hydrogens (tertiary/aromatic N) is 3. The Morgan fingerprint density at radius 3 is 2.48 bits per heavy atom. The second kappa shape index (κ2) is 7.72. The molecule has 1 N–H and O–H groups in total. The number of hydrogen-bond donors (Lipinski definition) is 1. The minimum Gasteiger partial charge on any atom is -0.478 e. The summed E-state index contributed by atoms with van der Waals surface area (Å²) in [6.07, 6.45) is 8.59. The number of carbonyl (C=O) groups is 1. The van der Waals surface area contributed by atoms with E-state index in [9.17, 15) is 4.79 Å². The third kappa shape index (κ3) is 3.62. The van der Waals surface area contributed by atoms with Crippen LogP contribution in [0.25, 0.3) is 11.3 Å². The van der Waals surface area contributed by atoms with Crippen molar-refractivity contribution in [2.75, 3.05) is 18.0 Å². The van der Waals surface area contributed by atoms with Crippen LogP contribution in [0.15, 0.2) is 47.1 Å². The molecule has 3 aliphatic rings. The number of carboxylic acids is 1. The number of carboxylic acid groups (broad SMARTS) is 1. The molecule has 3 fully saturated rings. The summed E-state index contributed by atoms with van der Waals surface area (Å²) in [5.41, 5.74) is 5.52. The molecule has 1 saturated heterocycles.